The second-order valence-electron chi connectivity index (χ2n) is 7.23. The number of nitrogens with one attached hydrogen (secondary N) is 2. The highest BCUT2D eigenvalue weighted by Gasteiger charge is 2.19. The molecule has 0 saturated carbocycles. The van der Waals surface area contributed by atoms with E-state index in [4.69, 9.17) is 4.42 Å². The van der Waals surface area contributed by atoms with Gasteiger partial charge in [0.15, 0.2) is 5.96 Å². The summed E-state index contributed by atoms with van der Waals surface area (Å²) in [4.78, 5) is 8.84. The van der Waals surface area contributed by atoms with Gasteiger partial charge in [-0.05, 0) is 12.5 Å². The summed E-state index contributed by atoms with van der Waals surface area (Å²) in [7, 11) is 0. The molecular weight excluding hydrogens is 328 g/mol. The van der Waals surface area contributed by atoms with E-state index in [1.807, 2.05) is 37.3 Å². The lowest BCUT2D eigenvalue weighted by Gasteiger charge is -2.18. The molecule has 0 saturated heterocycles. The maximum Gasteiger partial charge on any atom is 0.216 e. The average Bonchev–Trinajstić information content (AvgIpc) is 3.10. The van der Waals surface area contributed by atoms with E-state index in [-0.39, 0.29) is 17.9 Å². The summed E-state index contributed by atoms with van der Waals surface area (Å²) in [6, 6.07) is 9.97. The van der Waals surface area contributed by atoms with Gasteiger partial charge in [-0.25, -0.2) is 9.98 Å². The van der Waals surface area contributed by atoms with Crippen molar-refractivity contribution in [1.82, 2.24) is 15.6 Å². The molecule has 1 heterocycles. The van der Waals surface area contributed by atoms with E-state index in [1.54, 1.807) is 6.20 Å². The van der Waals surface area contributed by atoms with E-state index >= 15 is 0 Å². The van der Waals surface area contributed by atoms with Crippen LogP contribution in [0.4, 0.5) is 0 Å². The first-order valence-corrected chi connectivity index (χ1v) is 9.07. The van der Waals surface area contributed by atoms with Crippen LogP contribution in [0.2, 0.25) is 0 Å². The molecular formula is C20H30N4O2. The Morgan fingerprint density at radius 2 is 1.96 bits per heavy atom. The fourth-order valence-electron chi connectivity index (χ4n) is 2.45. The molecule has 0 aliphatic heterocycles. The highest BCUT2D eigenvalue weighted by Crippen LogP contribution is 2.22. The zero-order chi connectivity index (χ0) is 19.0. The Kier molecular flexibility index (Phi) is 7.21. The lowest BCUT2D eigenvalue weighted by Crippen LogP contribution is -2.39. The molecule has 0 spiro atoms. The lowest BCUT2D eigenvalue weighted by atomic mass is 9.94. The van der Waals surface area contributed by atoms with Crippen LogP contribution in [-0.4, -0.2) is 35.7 Å². The van der Waals surface area contributed by atoms with Crippen LogP contribution in [0.1, 0.15) is 50.8 Å². The third-order valence-corrected chi connectivity index (χ3v) is 4.02. The average molecular weight is 358 g/mol. The van der Waals surface area contributed by atoms with Crippen molar-refractivity contribution in [2.75, 3.05) is 19.7 Å². The van der Waals surface area contributed by atoms with E-state index < -0.39 is 0 Å². The summed E-state index contributed by atoms with van der Waals surface area (Å²) in [6.45, 7) is 10.1. The molecule has 6 nitrogen and oxygen atoms in total. The maximum absolute atomic E-state index is 9.68. The molecule has 0 fully saturated rings. The van der Waals surface area contributed by atoms with Gasteiger partial charge in [-0.2, -0.15) is 0 Å². The summed E-state index contributed by atoms with van der Waals surface area (Å²) in [6.07, 6.45) is 1.77. The molecule has 3 N–H and O–H groups in total. The number of hydrogen-bond acceptors (Lipinski definition) is 4. The fourth-order valence-corrected chi connectivity index (χ4v) is 2.45. The van der Waals surface area contributed by atoms with Crippen molar-refractivity contribution >= 4 is 5.96 Å². The smallest absolute Gasteiger partial charge is 0.216 e. The van der Waals surface area contributed by atoms with Crippen LogP contribution in [0.15, 0.2) is 45.9 Å². The number of benzene rings is 1. The number of nitrogens with zero attached hydrogens (tertiary/aromatic N) is 2. The standard InChI is InChI=1S/C20H30N4O2/c1-5-21-19(23-11-16(14-25)15-9-7-6-8-10-15)24-13-18-22-12-17(26-18)20(2,3)4/h6-10,12,16,25H,5,11,13-14H2,1-4H3,(H2,21,23,24). The monoisotopic (exact) mass is 358 g/mol. The van der Waals surface area contributed by atoms with Crippen molar-refractivity contribution < 1.29 is 9.52 Å². The molecule has 1 atom stereocenters. The van der Waals surface area contributed by atoms with Gasteiger partial charge < -0.3 is 20.2 Å². The summed E-state index contributed by atoms with van der Waals surface area (Å²) in [5.74, 6) is 2.13. The normalized spacial score (nSPS) is 13.5. The van der Waals surface area contributed by atoms with Gasteiger partial charge in [0.1, 0.15) is 12.3 Å². The van der Waals surface area contributed by atoms with E-state index in [0.29, 0.717) is 24.9 Å². The van der Waals surface area contributed by atoms with Gasteiger partial charge in [-0.3, -0.25) is 0 Å². The van der Waals surface area contributed by atoms with Crippen LogP contribution < -0.4 is 10.6 Å². The first-order chi connectivity index (χ1) is 12.4. The van der Waals surface area contributed by atoms with Crippen molar-refractivity contribution in [3.05, 3.63) is 53.7 Å². The summed E-state index contributed by atoms with van der Waals surface area (Å²) >= 11 is 0. The predicted molar refractivity (Wildman–Crippen MR) is 104 cm³/mol. The zero-order valence-corrected chi connectivity index (χ0v) is 16.1. The second kappa shape index (κ2) is 9.38. The quantitative estimate of drug-likeness (QED) is 0.524. The molecule has 0 aliphatic rings. The third-order valence-electron chi connectivity index (χ3n) is 4.02. The molecule has 1 aromatic carbocycles. The summed E-state index contributed by atoms with van der Waals surface area (Å²) in [5.41, 5.74) is 1.03. The van der Waals surface area contributed by atoms with Gasteiger partial charge in [0.05, 0.1) is 12.8 Å². The number of aliphatic hydroxyl groups is 1. The number of aliphatic imine (C=N–C) groups is 1. The second-order valence-corrected chi connectivity index (χ2v) is 7.23. The Morgan fingerprint density at radius 1 is 1.23 bits per heavy atom. The Balaban J connectivity index is 1.99. The summed E-state index contributed by atoms with van der Waals surface area (Å²) < 4.78 is 5.78. The van der Waals surface area contributed by atoms with E-state index in [0.717, 1.165) is 17.9 Å². The number of rotatable bonds is 7. The molecule has 0 amide bonds. The predicted octanol–water partition coefficient (Wildman–Crippen LogP) is 2.80. The van der Waals surface area contributed by atoms with E-state index in [1.165, 1.54) is 0 Å². The van der Waals surface area contributed by atoms with E-state index in [9.17, 15) is 5.11 Å². The zero-order valence-electron chi connectivity index (χ0n) is 16.1. The van der Waals surface area contributed by atoms with Crippen molar-refractivity contribution in [3.8, 4) is 0 Å². The van der Waals surface area contributed by atoms with Gasteiger partial charge in [-0.15, -0.1) is 0 Å². The number of oxazole rings is 1. The minimum absolute atomic E-state index is 0.00860. The van der Waals surface area contributed by atoms with Crippen LogP contribution >= 0.6 is 0 Å². The Morgan fingerprint density at radius 3 is 2.54 bits per heavy atom. The van der Waals surface area contributed by atoms with Crippen molar-refractivity contribution in [1.29, 1.82) is 0 Å². The molecule has 0 bridgehead atoms. The summed E-state index contributed by atoms with van der Waals surface area (Å²) in [5, 5.41) is 16.2. The Hall–Kier alpha value is -2.34. The van der Waals surface area contributed by atoms with Crippen LogP contribution in [-0.2, 0) is 12.0 Å². The van der Waals surface area contributed by atoms with Crippen molar-refractivity contribution in [3.63, 3.8) is 0 Å². The number of aliphatic hydroxyl groups excluding tert-OH is 1. The van der Waals surface area contributed by atoms with Gasteiger partial charge in [0.2, 0.25) is 5.89 Å². The van der Waals surface area contributed by atoms with Crippen LogP contribution in [0.5, 0.6) is 0 Å². The van der Waals surface area contributed by atoms with Gasteiger partial charge in [-0.1, -0.05) is 51.1 Å². The number of hydrogen-bond donors (Lipinski definition) is 3. The lowest BCUT2D eigenvalue weighted by molar-refractivity contribution is 0.265. The van der Waals surface area contributed by atoms with Crippen LogP contribution in [0, 0.1) is 0 Å². The highest BCUT2D eigenvalue weighted by atomic mass is 16.4. The highest BCUT2D eigenvalue weighted by molar-refractivity contribution is 5.79. The molecule has 142 valence electrons. The van der Waals surface area contributed by atoms with Gasteiger partial charge in [0, 0.05) is 24.4 Å². The van der Waals surface area contributed by atoms with Crippen LogP contribution in [0.25, 0.3) is 0 Å². The van der Waals surface area contributed by atoms with Gasteiger partial charge in [0.25, 0.3) is 0 Å². The molecule has 26 heavy (non-hydrogen) atoms. The van der Waals surface area contributed by atoms with E-state index in [2.05, 4.69) is 41.4 Å². The molecule has 6 heteroatoms. The maximum atomic E-state index is 9.68. The largest absolute Gasteiger partial charge is 0.443 e. The molecule has 1 unspecified atom stereocenters. The topological polar surface area (TPSA) is 82.7 Å². The fraction of sp³-hybridized carbons (Fsp3) is 0.500. The minimum atomic E-state index is -0.0677. The molecule has 1 aromatic heterocycles. The Bertz CT molecular complexity index is 689. The van der Waals surface area contributed by atoms with Crippen molar-refractivity contribution in [2.45, 2.75) is 45.6 Å². The third kappa shape index (κ3) is 5.88. The molecule has 2 rings (SSSR count). The first kappa shape index (κ1) is 20.0. The molecule has 0 aliphatic carbocycles. The van der Waals surface area contributed by atoms with Crippen LogP contribution in [0.3, 0.4) is 0 Å². The SMILES string of the molecule is CCNC(=NCc1ncc(C(C)(C)C)o1)NCC(CO)c1ccccc1. The van der Waals surface area contributed by atoms with Gasteiger partial charge >= 0.3 is 0 Å². The minimum Gasteiger partial charge on any atom is -0.443 e. The number of guanidine groups is 1. The molecule has 2 aromatic rings. The van der Waals surface area contributed by atoms with Crippen molar-refractivity contribution in [2.24, 2.45) is 4.99 Å². The first-order valence-electron chi connectivity index (χ1n) is 9.07. The molecule has 0 radical (unpaired) electrons. The Labute approximate surface area is 155 Å². The number of aromatic nitrogens is 1.